The van der Waals surface area contributed by atoms with Crippen molar-refractivity contribution >= 4 is 69.3 Å². The molecule has 6 nitrogen and oxygen atoms in total. The number of carbonyl (C=O) groups is 3. The minimum Gasteiger partial charge on any atom is -0.479 e. The summed E-state index contributed by atoms with van der Waals surface area (Å²) in [6.45, 7) is 4.88. The average Bonchev–Trinajstić information content (AvgIpc) is 2.70. The summed E-state index contributed by atoms with van der Waals surface area (Å²) >= 11 is 0. The van der Waals surface area contributed by atoms with Crippen LogP contribution in [-0.2, 0) is 23.9 Å². The molecule has 0 aromatic rings. The van der Waals surface area contributed by atoms with Crippen LogP contribution in [0, 0.1) is 0 Å². The van der Waals surface area contributed by atoms with Gasteiger partial charge in [-0.15, -0.1) is 0 Å². The molecule has 0 aromatic carbocycles. The maximum absolute atomic E-state index is 11.8. The van der Waals surface area contributed by atoms with E-state index in [9.17, 15) is 14.4 Å². The Kier molecular flexibility index (Phi) is 24.4. The Morgan fingerprint density at radius 1 is 0.742 bits per heavy atom. The van der Waals surface area contributed by atoms with E-state index >= 15 is 0 Å². The average molecular weight is 466 g/mol. The standard InChI is InChI=1S/C24H42O6.K/c1-4-5-6-7-8-9-10-11-12-13-14-15-16-17-18-19-22(25)29-21(3)24(28)30-20(2)23(26)27;/h11-12,20-21H,4-10,13-19H2,1-3H3,(H,26,27);/b12-11-;. The second-order valence-corrected chi connectivity index (χ2v) is 7.88. The molecular weight excluding hydrogens is 423 g/mol. The number of hydrogen-bond donors (Lipinski definition) is 1. The Morgan fingerprint density at radius 3 is 1.74 bits per heavy atom. The topological polar surface area (TPSA) is 89.9 Å². The molecule has 2 atom stereocenters. The van der Waals surface area contributed by atoms with Gasteiger partial charge < -0.3 is 14.6 Å². The molecule has 0 heterocycles. The molecule has 0 spiro atoms. The van der Waals surface area contributed by atoms with Crippen LogP contribution in [0.4, 0.5) is 0 Å². The second kappa shape index (κ2) is 23.0. The van der Waals surface area contributed by atoms with Crippen LogP contribution in [0.3, 0.4) is 0 Å². The van der Waals surface area contributed by atoms with Crippen molar-refractivity contribution < 1.29 is 29.0 Å². The molecular formula is C24H42KO6. The zero-order valence-electron chi connectivity index (χ0n) is 20.2. The van der Waals surface area contributed by atoms with Crippen molar-refractivity contribution in [1.29, 1.82) is 0 Å². The van der Waals surface area contributed by atoms with Crippen molar-refractivity contribution in [3.8, 4) is 0 Å². The van der Waals surface area contributed by atoms with Crippen LogP contribution >= 0.6 is 0 Å². The Balaban J connectivity index is 0. The molecule has 0 aliphatic heterocycles. The molecule has 0 fully saturated rings. The van der Waals surface area contributed by atoms with E-state index in [0.29, 0.717) is 0 Å². The van der Waals surface area contributed by atoms with Crippen molar-refractivity contribution in [3.63, 3.8) is 0 Å². The van der Waals surface area contributed by atoms with E-state index in [1.807, 2.05) is 0 Å². The molecule has 31 heavy (non-hydrogen) atoms. The molecule has 0 aliphatic rings. The summed E-state index contributed by atoms with van der Waals surface area (Å²) in [7, 11) is 0. The summed E-state index contributed by atoms with van der Waals surface area (Å²) in [6.07, 6.45) is 17.9. The van der Waals surface area contributed by atoms with Gasteiger partial charge in [0, 0.05) is 57.8 Å². The predicted octanol–water partition coefficient (Wildman–Crippen LogP) is 5.59. The summed E-state index contributed by atoms with van der Waals surface area (Å²) in [4.78, 5) is 34.1. The van der Waals surface area contributed by atoms with Gasteiger partial charge in [-0.05, 0) is 46.0 Å². The number of carboxylic acid groups (broad SMARTS) is 1. The van der Waals surface area contributed by atoms with Crippen LogP contribution in [0.25, 0.3) is 0 Å². The number of allylic oxidation sites excluding steroid dienone is 2. The molecule has 0 rings (SSSR count). The number of esters is 2. The van der Waals surface area contributed by atoms with Gasteiger partial charge in [0.25, 0.3) is 0 Å². The number of aliphatic carboxylic acids is 1. The molecule has 0 aliphatic carbocycles. The first-order valence-corrected chi connectivity index (χ1v) is 11.7. The summed E-state index contributed by atoms with van der Waals surface area (Å²) in [6, 6.07) is 0. The van der Waals surface area contributed by atoms with Gasteiger partial charge in [-0.25, -0.2) is 9.59 Å². The van der Waals surface area contributed by atoms with Crippen LogP contribution in [0.1, 0.15) is 111 Å². The third-order valence-corrected chi connectivity index (χ3v) is 4.92. The van der Waals surface area contributed by atoms with E-state index in [1.165, 1.54) is 65.2 Å². The van der Waals surface area contributed by atoms with Crippen LogP contribution in [0.5, 0.6) is 0 Å². The monoisotopic (exact) mass is 465 g/mol. The normalized spacial score (nSPS) is 12.7. The van der Waals surface area contributed by atoms with Gasteiger partial charge in [0.05, 0.1) is 0 Å². The number of rotatable bonds is 19. The van der Waals surface area contributed by atoms with Crippen molar-refractivity contribution in [1.82, 2.24) is 0 Å². The Morgan fingerprint density at radius 2 is 1.23 bits per heavy atom. The van der Waals surface area contributed by atoms with E-state index < -0.39 is 30.1 Å². The first-order chi connectivity index (χ1) is 14.4. The van der Waals surface area contributed by atoms with Gasteiger partial charge in [-0.2, -0.15) is 0 Å². The zero-order valence-corrected chi connectivity index (χ0v) is 23.3. The van der Waals surface area contributed by atoms with Crippen LogP contribution in [0.15, 0.2) is 12.2 Å². The molecule has 1 radical (unpaired) electrons. The fourth-order valence-electron chi connectivity index (χ4n) is 2.96. The quantitative estimate of drug-likeness (QED) is 0.116. The number of ether oxygens (including phenoxy) is 2. The summed E-state index contributed by atoms with van der Waals surface area (Å²) in [5.41, 5.74) is 0. The fraction of sp³-hybridized carbons (Fsp3) is 0.792. The molecule has 0 amide bonds. The summed E-state index contributed by atoms with van der Waals surface area (Å²) < 4.78 is 9.68. The minimum absolute atomic E-state index is 0. The van der Waals surface area contributed by atoms with E-state index in [4.69, 9.17) is 9.84 Å². The molecule has 2 unspecified atom stereocenters. The van der Waals surface area contributed by atoms with Gasteiger partial charge in [0.1, 0.15) is 0 Å². The van der Waals surface area contributed by atoms with Crippen molar-refractivity contribution in [2.45, 2.75) is 123 Å². The van der Waals surface area contributed by atoms with Crippen molar-refractivity contribution in [2.75, 3.05) is 0 Å². The summed E-state index contributed by atoms with van der Waals surface area (Å²) in [5.74, 6) is -2.54. The van der Waals surface area contributed by atoms with Crippen molar-refractivity contribution in [2.24, 2.45) is 0 Å². The summed E-state index contributed by atoms with van der Waals surface area (Å²) in [5, 5.41) is 8.71. The molecule has 7 heteroatoms. The molecule has 0 bridgehead atoms. The Bertz CT molecular complexity index is 506. The zero-order chi connectivity index (χ0) is 22.6. The predicted molar refractivity (Wildman–Crippen MR) is 124 cm³/mol. The maximum atomic E-state index is 11.8. The van der Waals surface area contributed by atoms with Gasteiger partial charge in [-0.1, -0.05) is 70.4 Å². The smallest absolute Gasteiger partial charge is 0.347 e. The molecule has 1 N–H and O–H groups in total. The van der Waals surface area contributed by atoms with E-state index in [1.54, 1.807) is 0 Å². The van der Waals surface area contributed by atoms with E-state index in [2.05, 4.69) is 23.8 Å². The Labute approximate surface area is 231 Å². The third-order valence-electron chi connectivity index (χ3n) is 4.92. The number of hydrogen-bond acceptors (Lipinski definition) is 5. The first-order valence-electron chi connectivity index (χ1n) is 11.7. The van der Waals surface area contributed by atoms with E-state index in [0.717, 1.165) is 32.1 Å². The fourth-order valence-corrected chi connectivity index (χ4v) is 2.96. The van der Waals surface area contributed by atoms with Crippen molar-refractivity contribution in [3.05, 3.63) is 12.2 Å². The number of carbonyl (C=O) groups excluding carboxylic acids is 2. The van der Waals surface area contributed by atoms with Gasteiger partial charge >= 0.3 is 17.9 Å². The van der Waals surface area contributed by atoms with Crippen LogP contribution in [0.2, 0.25) is 0 Å². The maximum Gasteiger partial charge on any atom is 0.347 e. The minimum atomic E-state index is -1.26. The van der Waals surface area contributed by atoms with Gasteiger partial charge in [0.15, 0.2) is 12.2 Å². The molecule has 0 aromatic heterocycles. The number of carboxylic acids is 1. The SMILES string of the molecule is CCCCCCCC/C=C\CCCCCCCC(=O)OC(C)C(=O)OC(C)C(=O)O.[K]. The van der Waals surface area contributed by atoms with Gasteiger partial charge in [0.2, 0.25) is 0 Å². The molecule has 175 valence electrons. The number of unbranched alkanes of at least 4 members (excludes halogenated alkanes) is 11. The molecule has 0 saturated heterocycles. The Hall–Kier alpha value is -0.214. The largest absolute Gasteiger partial charge is 0.479 e. The van der Waals surface area contributed by atoms with Crippen LogP contribution < -0.4 is 0 Å². The van der Waals surface area contributed by atoms with E-state index in [-0.39, 0.29) is 57.8 Å². The molecule has 0 saturated carbocycles. The third kappa shape index (κ3) is 21.4. The van der Waals surface area contributed by atoms with Crippen LogP contribution in [-0.4, -0.2) is 86.6 Å². The first kappa shape index (κ1) is 33.0. The second-order valence-electron chi connectivity index (χ2n) is 7.88. The van der Waals surface area contributed by atoms with Gasteiger partial charge in [-0.3, -0.25) is 4.79 Å².